The molecule has 0 radical (unpaired) electrons. The van der Waals surface area contributed by atoms with E-state index in [1.807, 2.05) is 43.5 Å². The first-order valence-electron chi connectivity index (χ1n) is 11.0. The van der Waals surface area contributed by atoms with E-state index in [1.54, 1.807) is 26.0 Å². The molecule has 0 saturated heterocycles. The number of rotatable bonds is 8. The van der Waals surface area contributed by atoms with Crippen molar-refractivity contribution in [2.45, 2.75) is 31.2 Å². The zero-order valence-electron chi connectivity index (χ0n) is 19.9. The molecule has 9 heteroatoms. The molecule has 0 spiro atoms. The number of benzene rings is 2. The molecule has 1 aromatic heterocycles. The molecule has 1 unspecified atom stereocenters. The molecule has 0 fully saturated rings. The van der Waals surface area contributed by atoms with Crippen molar-refractivity contribution in [3.05, 3.63) is 59.6 Å². The number of methoxy groups -OCH3 is 2. The van der Waals surface area contributed by atoms with Crippen molar-refractivity contribution in [3.63, 3.8) is 0 Å². The highest BCUT2D eigenvalue weighted by molar-refractivity contribution is 7.98. The monoisotopic (exact) mass is 496 g/mol. The average Bonchev–Trinajstić information content (AvgIpc) is 3.35. The number of nitrogens with zero attached hydrogens (tertiary/aromatic N) is 3. The highest BCUT2D eigenvalue weighted by atomic mass is 32.2. The van der Waals surface area contributed by atoms with Crippen molar-refractivity contribution in [1.29, 1.82) is 0 Å². The summed E-state index contributed by atoms with van der Waals surface area (Å²) in [6.45, 7) is 4.96. The van der Waals surface area contributed by atoms with Crippen molar-refractivity contribution >= 4 is 34.7 Å². The van der Waals surface area contributed by atoms with E-state index in [1.165, 1.54) is 4.90 Å². The van der Waals surface area contributed by atoms with Gasteiger partial charge in [0.15, 0.2) is 16.6 Å². The molecule has 1 aliphatic heterocycles. The zero-order chi connectivity index (χ0) is 24.2. The quantitative estimate of drug-likeness (QED) is 0.319. The van der Waals surface area contributed by atoms with Gasteiger partial charge in [-0.05, 0) is 73.8 Å². The van der Waals surface area contributed by atoms with Crippen LogP contribution in [0.3, 0.4) is 0 Å². The summed E-state index contributed by atoms with van der Waals surface area (Å²) in [5, 5.41) is 8.41. The molecule has 1 atom stereocenters. The third kappa shape index (κ3) is 4.63. The van der Waals surface area contributed by atoms with Crippen LogP contribution in [0.2, 0.25) is 0 Å². The molecule has 0 amide bonds. The Morgan fingerprint density at radius 1 is 1.12 bits per heavy atom. The highest BCUT2D eigenvalue weighted by Crippen LogP contribution is 2.40. The van der Waals surface area contributed by atoms with Crippen LogP contribution in [0.4, 0.5) is 0 Å². The largest absolute Gasteiger partial charge is 0.493 e. The Labute approximate surface area is 209 Å². The maximum absolute atomic E-state index is 5.81. The molecule has 1 aliphatic rings. The average molecular weight is 497 g/mol. The lowest BCUT2D eigenvalue weighted by molar-refractivity contribution is 0.354. The van der Waals surface area contributed by atoms with Gasteiger partial charge in [0.2, 0.25) is 5.82 Å². The maximum Gasteiger partial charge on any atom is 0.258 e. The number of aromatic nitrogens is 2. The molecule has 7 nitrogen and oxygen atoms in total. The Morgan fingerprint density at radius 2 is 1.85 bits per heavy atom. The van der Waals surface area contributed by atoms with Gasteiger partial charge in [-0.15, -0.1) is 11.8 Å². The van der Waals surface area contributed by atoms with Gasteiger partial charge >= 0.3 is 0 Å². The van der Waals surface area contributed by atoms with Crippen LogP contribution in [0, 0.1) is 0 Å². The number of nitrogens with one attached hydrogen (secondary N) is 1. The molecule has 0 bridgehead atoms. The van der Waals surface area contributed by atoms with Crippen molar-refractivity contribution in [2.24, 2.45) is 0 Å². The lowest BCUT2D eigenvalue weighted by Gasteiger charge is -2.37. The fourth-order valence-corrected chi connectivity index (χ4v) is 4.78. The first-order valence-corrected chi connectivity index (χ1v) is 12.6. The van der Waals surface area contributed by atoms with Gasteiger partial charge in [0.1, 0.15) is 0 Å². The fourth-order valence-electron chi connectivity index (χ4n) is 4.02. The van der Waals surface area contributed by atoms with E-state index in [9.17, 15) is 0 Å². The topological polar surface area (TPSA) is 72.7 Å². The molecule has 2 aromatic carbocycles. The third-order valence-electron chi connectivity index (χ3n) is 5.79. The molecule has 178 valence electrons. The van der Waals surface area contributed by atoms with Crippen LogP contribution in [0.15, 0.2) is 57.6 Å². The number of hydrogen-bond donors (Lipinski definition) is 1. The number of thioether (sulfide) groups is 1. The van der Waals surface area contributed by atoms with Crippen LogP contribution in [-0.2, 0) is 0 Å². The van der Waals surface area contributed by atoms with Crippen LogP contribution in [0.25, 0.3) is 17.0 Å². The first kappa shape index (κ1) is 24.1. The number of hydrogen-bond acceptors (Lipinski definition) is 7. The van der Waals surface area contributed by atoms with Gasteiger partial charge in [-0.2, -0.15) is 4.98 Å². The third-order valence-corrected chi connectivity index (χ3v) is 6.87. The summed E-state index contributed by atoms with van der Waals surface area (Å²) < 4.78 is 16.8. The van der Waals surface area contributed by atoms with Crippen molar-refractivity contribution < 1.29 is 14.0 Å². The van der Waals surface area contributed by atoms with Crippen LogP contribution in [0.1, 0.15) is 37.8 Å². The number of allylic oxidation sites excluding steroid dienone is 1. The van der Waals surface area contributed by atoms with Crippen molar-refractivity contribution in [2.75, 3.05) is 27.0 Å². The molecule has 1 N–H and O–H groups in total. The maximum atomic E-state index is 5.81. The van der Waals surface area contributed by atoms with E-state index in [4.69, 9.17) is 31.2 Å². The number of thiocarbonyl (C=S) groups is 1. The second-order valence-electron chi connectivity index (χ2n) is 7.80. The summed E-state index contributed by atoms with van der Waals surface area (Å²) in [4.78, 5) is 8.04. The molecular weight excluding hydrogens is 468 g/mol. The lowest BCUT2D eigenvalue weighted by Crippen LogP contribution is -2.46. The lowest BCUT2D eigenvalue weighted by atomic mass is 9.94. The standard InChI is InChI=1S/C25H28N4O3S2/c1-6-13-29-15(2)21(24-27-23(28-32-24)16-7-10-18(34-5)11-8-16)22(26-25(29)33)17-9-12-19(30-3)20(14-17)31-4/h7-12,14,22H,6,13H2,1-5H3,(H,26,33). The highest BCUT2D eigenvalue weighted by Gasteiger charge is 2.34. The van der Waals surface area contributed by atoms with Gasteiger partial charge in [-0.3, -0.25) is 0 Å². The van der Waals surface area contributed by atoms with Crippen molar-refractivity contribution in [1.82, 2.24) is 20.4 Å². The molecule has 2 heterocycles. The van der Waals surface area contributed by atoms with Gasteiger partial charge in [0.25, 0.3) is 5.89 Å². The Hall–Kier alpha value is -3.04. The molecule has 34 heavy (non-hydrogen) atoms. The van der Waals surface area contributed by atoms with E-state index in [0.29, 0.717) is 28.3 Å². The summed E-state index contributed by atoms with van der Waals surface area (Å²) in [5.41, 5.74) is 3.72. The van der Waals surface area contributed by atoms with E-state index in [2.05, 4.69) is 34.4 Å². The normalized spacial score (nSPS) is 16.0. The Kier molecular flexibility index (Phi) is 7.43. The molecule has 0 saturated carbocycles. The van der Waals surface area contributed by atoms with Crippen LogP contribution in [-0.4, -0.2) is 47.2 Å². The second-order valence-corrected chi connectivity index (χ2v) is 9.07. The smallest absolute Gasteiger partial charge is 0.258 e. The van der Waals surface area contributed by atoms with E-state index in [-0.39, 0.29) is 6.04 Å². The minimum absolute atomic E-state index is 0.285. The van der Waals surface area contributed by atoms with Gasteiger partial charge in [0.05, 0.1) is 25.8 Å². The molecule has 3 aromatic rings. The van der Waals surface area contributed by atoms with Crippen LogP contribution >= 0.6 is 24.0 Å². The predicted molar refractivity (Wildman–Crippen MR) is 139 cm³/mol. The summed E-state index contributed by atoms with van der Waals surface area (Å²) in [6, 6.07) is 13.6. The first-order chi connectivity index (χ1) is 16.5. The second kappa shape index (κ2) is 10.5. The van der Waals surface area contributed by atoms with Gasteiger partial charge in [-0.25, -0.2) is 0 Å². The predicted octanol–water partition coefficient (Wildman–Crippen LogP) is 5.55. The van der Waals surface area contributed by atoms with Crippen LogP contribution < -0.4 is 14.8 Å². The zero-order valence-corrected chi connectivity index (χ0v) is 21.5. The minimum atomic E-state index is -0.285. The van der Waals surface area contributed by atoms with E-state index < -0.39 is 0 Å². The minimum Gasteiger partial charge on any atom is -0.493 e. The fraction of sp³-hybridized carbons (Fsp3) is 0.320. The Morgan fingerprint density at radius 3 is 2.50 bits per heavy atom. The SMILES string of the molecule is CCCN1C(=S)NC(c2ccc(OC)c(OC)c2)C(c2nc(-c3ccc(SC)cc3)no2)=C1C. The van der Waals surface area contributed by atoms with Crippen LogP contribution in [0.5, 0.6) is 11.5 Å². The molecule has 0 aliphatic carbocycles. The molecular formula is C25H28N4O3S2. The summed E-state index contributed by atoms with van der Waals surface area (Å²) in [5.74, 6) is 2.30. The summed E-state index contributed by atoms with van der Waals surface area (Å²) in [6.07, 6.45) is 3.00. The molecule has 4 rings (SSSR count). The Bertz CT molecular complexity index is 1210. The summed E-state index contributed by atoms with van der Waals surface area (Å²) in [7, 11) is 3.24. The van der Waals surface area contributed by atoms with Crippen molar-refractivity contribution in [3.8, 4) is 22.9 Å². The van der Waals surface area contributed by atoms with E-state index >= 15 is 0 Å². The van der Waals surface area contributed by atoms with E-state index in [0.717, 1.165) is 35.4 Å². The number of ether oxygens (including phenoxy) is 2. The van der Waals surface area contributed by atoms with Gasteiger partial charge in [0, 0.05) is 22.7 Å². The summed E-state index contributed by atoms with van der Waals surface area (Å²) >= 11 is 7.41. The van der Waals surface area contributed by atoms with Gasteiger partial charge in [-0.1, -0.05) is 18.1 Å². The Balaban J connectivity index is 1.80. The van der Waals surface area contributed by atoms with Gasteiger partial charge < -0.3 is 24.2 Å².